The Bertz CT molecular complexity index is 643. The molecule has 3 nitrogen and oxygen atoms in total. The number of nitrogens with zero attached hydrogens (tertiary/aromatic N) is 1. The molecule has 2 rings (SSSR count). The van der Waals surface area contributed by atoms with Gasteiger partial charge in [0.15, 0.2) is 0 Å². The van der Waals surface area contributed by atoms with Gasteiger partial charge in [-0.2, -0.15) is 0 Å². The van der Waals surface area contributed by atoms with Crippen molar-refractivity contribution in [2.75, 3.05) is 0 Å². The fourth-order valence-corrected chi connectivity index (χ4v) is 2.23. The Hall–Kier alpha value is -1.31. The highest BCUT2D eigenvalue weighted by Crippen LogP contribution is 2.25. The number of aliphatic hydroxyl groups is 1. The summed E-state index contributed by atoms with van der Waals surface area (Å²) < 4.78 is 0.923. The van der Waals surface area contributed by atoms with E-state index in [0.717, 1.165) is 20.9 Å². The molecule has 2 heterocycles. The third-order valence-electron chi connectivity index (χ3n) is 3.06. The van der Waals surface area contributed by atoms with Gasteiger partial charge in [0.25, 0.3) is 0 Å². The molecule has 0 aromatic carbocycles. The fourth-order valence-electron chi connectivity index (χ4n) is 1.69. The van der Waals surface area contributed by atoms with Crippen LogP contribution in [0.15, 0.2) is 23.1 Å². The predicted octanol–water partition coefficient (Wildman–Crippen LogP) is 3.47. The molecule has 1 unspecified atom stereocenters. The van der Waals surface area contributed by atoms with Gasteiger partial charge in [0.1, 0.15) is 0 Å². The van der Waals surface area contributed by atoms with Gasteiger partial charge in [-0.15, -0.1) is 0 Å². The smallest absolute Gasteiger partial charge is 0.0697 e. The van der Waals surface area contributed by atoms with Crippen LogP contribution in [0.2, 0.25) is 0 Å². The lowest BCUT2D eigenvalue weighted by Gasteiger charge is -2.23. The molecule has 19 heavy (non-hydrogen) atoms. The van der Waals surface area contributed by atoms with Crippen LogP contribution in [0.25, 0.3) is 10.9 Å². The Balaban J connectivity index is 2.24. The van der Waals surface area contributed by atoms with Crippen molar-refractivity contribution in [1.82, 2.24) is 9.97 Å². The second kappa shape index (κ2) is 5.36. The third kappa shape index (κ3) is 3.17. The molecule has 2 N–H and O–H groups in total. The fraction of sp³-hybridized carbons (Fsp3) is 0.400. The summed E-state index contributed by atoms with van der Waals surface area (Å²) in [6.45, 7) is 6.02. The molecule has 0 amide bonds. The van der Waals surface area contributed by atoms with Crippen LogP contribution in [0.4, 0.5) is 0 Å². The molecule has 0 aliphatic heterocycles. The molecule has 4 heteroatoms. The number of pyridine rings is 1. The molecule has 2 aromatic rings. The molecule has 0 bridgehead atoms. The average Bonchev–Trinajstić information content (AvgIpc) is 2.72. The highest BCUT2D eigenvalue weighted by Gasteiger charge is 2.20. The predicted molar refractivity (Wildman–Crippen MR) is 80.8 cm³/mol. The van der Waals surface area contributed by atoms with Crippen molar-refractivity contribution in [3.8, 4) is 11.8 Å². The average molecular weight is 321 g/mol. The number of aromatic nitrogens is 2. The van der Waals surface area contributed by atoms with Gasteiger partial charge in [0.2, 0.25) is 0 Å². The Labute approximate surface area is 121 Å². The second-order valence-electron chi connectivity index (χ2n) is 5.63. The van der Waals surface area contributed by atoms with Gasteiger partial charge in [-0.05, 0) is 21.3 Å². The van der Waals surface area contributed by atoms with Gasteiger partial charge in [-0.3, -0.25) is 4.98 Å². The number of nitrogens with one attached hydrogen (secondary N) is 1. The lowest BCUT2D eigenvalue weighted by Crippen LogP contribution is -2.25. The van der Waals surface area contributed by atoms with Crippen LogP contribution < -0.4 is 0 Å². The van der Waals surface area contributed by atoms with Crippen LogP contribution in [-0.2, 0) is 0 Å². The van der Waals surface area contributed by atoms with Gasteiger partial charge in [-0.1, -0.05) is 32.6 Å². The maximum atomic E-state index is 9.95. The van der Waals surface area contributed by atoms with Crippen LogP contribution in [-0.4, -0.2) is 21.2 Å². The quantitative estimate of drug-likeness (QED) is 0.790. The SMILES string of the molecule is CC(C)(C)C(O)CC#Cc1c[nH]c2cncc(Br)c12. The van der Waals surface area contributed by atoms with Crippen molar-refractivity contribution >= 4 is 26.8 Å². The first-order chi connectivity index (χ1) is 8.89. The van der Waals surface area contributed by atoms with Gasteiger partial charge in [0, 0.05) is 28.7 Å². The Morgan fingerprint density at radius 3 is 2.84 bits per heavy atom. The van der Waals surface area contributed by atoms with E-state index < -0.39 is 6.10 Å². The van der Waals surface area contributed by atoms with Crippen molar-refractivity contribution in [1.29, 1.82) is 0 Å². The number of aromatic amines is 1. The minimum atomic E-state index is -0.421. The molecule has 1 atom stereocenters. The van der Waals surface area contributed by atoms with Crippen molar-refractivity contribution in [2.45, 2.75) is 33.3 Å². The maximum absolute atomic E-state index is 9.95. The van der Waals surface area contributed by atoms with Gasteiger partial charge < -0.3 is 10.1 Å². The molecular formula is C15H17BrN2O. The van der Waals surface area contributed by atoms with Gasteiger partial charge in [0.05, 0.1) is 23.4 Å². The summed E-state index contributed by atoms with van der Waals surface area (Å²) in [5.74, 6) is 6.16. The summed E-state index contributed by atoms with van der Waals surface area (Å²) in [6.07, 6.45) is 5.45. The van der Waals surface area contributed by atoms with E-state index >= 15 is 0 Å². The largest absolute Gasteiger partial charge is 0.392 e. The summed E-state index contributed by atoms with van der Waals surface area (Å²) in [6, 6.07) is 0. The van der Waals surface area contributed by atoms with Crippen molar-refractivity contribution in [2.24, 2.45) is 5.41 Å². The molecule has 0 aliphatic rings. The molecule has 2 aromatic heterocycles. The van der Waals surface area contributed by atoms with E-state index in [0.29, 0.717) is 6.42 Å². The molecule has 0 fully saturated rings. The zero-order valence-electron chi connectivity index (χ0n) is 11.3. The highest BCUT2D eigenvalue weighted by molar-refractivity contribution is 9.10. The summed E-state index contributed by atoms with van der Waals surface area (Å²) in [5.41, 5.74) is 1.74. The lowest BCUT2D eigenvalue weighted by molar-refractivity contribution is 0.0678. The Morgan fingerprint density at radius 2 is 2.16 bits per heavy atom. The van der Waals surface area contributed by atoms with Crippen molar-refractivity contribution < 1.29 is 5.11 Å². The summed E-state index contributed by atoms with van der Waals surface area (Å²) >= 11 is 3.48. The standard InChI is InChI=1S/C15H17BrN2O/c1-15(2,3)13(19)6-4-5-10-7-18-12-9-17-8-11(16)14(10)12/h7-9,13,18-19H,6H2,1-3H3. The Kier molecular flexibility index (Phi) is 3.98. The van der Waals surface area contributed by atoms with Crippen LogP contribution in [0, 0.1) is 17.3 Å². The van der Waals surface area contributed by atoms with E-state index in [9.17, 15) is 5.11 Å². The summed E-state index contributed by atoms with van der Waals surface area (Å²) in [7, 11) is 0. The number of fused-ring (bicyclic) bond motifs is 1. The van der Waals surface area contributed by atoms with E-state index in [1.54, 1.807) is 12.4 Å². The molecule has 0 saturated heterocycles. The summed E-state index contributed by atoms with van der Waals surface area (Å²) in [4.78, 5) is 7.24. The number of rotatable bonds is 1. The molecule has 0 saturated carbocycles. The van der Waals surface area contributed by atoms with E-state index in [1.165, 1.54) is 0 Å². The molecule has 0 radical (unpaired) electrons. The Morgan fingerprint density at radius 1 is 1.42 bits per heavy atom. The highest BCUT2D eigenvalue weighted by atomic mass is 79.9. The van der Waals surface area contributed by atoms with Gasteiger partial charge in [-0.25, -0.2) is 0 Å². The monoisotopic (exact) mass is 320 g/mol. The van der Waals surface area contributed by atoms with Crippen molar-refractivity contribution in [3.63, 3.8) is 0 Å². The molecule has 0 spiro atoms. The number of aliphatic hydroxyl groups excluding tert-OH is 1. The molecule has 0 aliphatic carbocycles. The molecule has 100 valence electrons. The first-order valence-electron chi connectivity index (χ1n) is 6.17. The number of hydrogen-bond acceptors (Lipinski definition) is 2. The third-order valence-corrected chi connectivity index (χ3v) is 3.66. The number of H-pyrrole nitrogens is 1. The first kappa shape index (κ1) is 14.1. The number of halogens is 1. The summed E-state index contributed by atoms with van der Waals surface area (Å²) in [5, 5.41) is 11.0. The van der Waals surface area contributed by atoms with E-state index in [4.69, 9.17) is 0 Å². The number of hydrogen-bond donors (Lipinski definition) is 2. The van der Waals surface area contributed by atoms with E-state index in [-0.39, 0.29) is 5.41 Å². The minimum Gasteiger partial charge on any atom is -0.392 e. The molecular weight excluding hydrogens is 304 g/mol. The van der Waals surface area contributed by atoms with Crippen molar-refractivity contribution in [3.05, 3.63) is 28.6 Å². The lowest BCUT2D eigenvalue weighted by atomic mass is 9.87. The van der Waals surface area contributed by atoms with Crippen LogP contribution in [0.1, 0.15) is 32.8 Å². The zero-order chi connectivity index (χ0) is 14.0. The second-order valence-corrected chi connectivity index (χ2v) is 6.49. The van der Waals surface area contributed by atoms with Crippen LogP contribution >= 0.6 is 15.9 Å². The maximum Gasteiger partial charge on any atom is 0.0697 e. The van der Waals surface area contributed by atoms with E-state index in [2.05, 4.69) is 37.7 Å². The van der Waals surface area contributed by atoms with Crippen LogP contribution in [0.3, 0.4) is 0 Å². The van der Waals surface area contributed by atoms with Crippen LogP contribution in [0.5, 0.6) is 0 Å². The normalized spacial score (nSPS) is 13.1. The zero-order valence-corrected chi connectivity index (χ0v) is 12.9. The van der Waals surface area contributed by atoms with Gasteiger partial charge >= 0.3 is 0 Å². The topological polar surface area (TPSA) is 48.9 Å². The first-order valence-corrected chi connectivity index (χ1v) is 6.96. The minimum absolute atomic E-state index is 0.139. The van der Waals surface area contributed by atoms with E-state index in [1.807, 2.05) is 27.0 Å².